The molecule has 1 N–H and O–H groups in total. The molecule has 2 aromatic rings. The van der Waals surface area contributed by atoms with Crippen molar-refractivity contribution in [3.05, 3.63) is 69.5 Å². The van der Waals surface area contributed by atoms with Crippen LogP contribution in [-0.4, -0.2) is 15.0 Å². The Morgan fingerprint density at radius 2 is 1.94 bits per heavy atom. The summed E-state index contributed by atoms with van der Waals surface area (Å²) in [5.74, 6) is 0. The summed E-state index contributed by atoms with van der Waals surface area (Å²) in [6, 6.07) is 10.8. The van der Waals surface area contributed by atoms with Crippen LogP contribution < -0.4 is 0 Å². The molecule has 1 aromatic heterocycles. The van der Waals surface area contributed by atoms with Crippen LogP contribution in [0.2, 0.25) is 0 Å². The van der Waals surface area contributed by atoms with Gasteiger partial charge in [-0.1, -0.05) is 30.3 Å². The van der Waals surface area contributed by atoms with Gasteiger partial charge in [-0.05, 0) is 5.56 Å². The molecule has 0 saturated heterocycles. The molecule has 5 heteroatoms. The minimum Gasteiger partial charge on any atom is -0.390 e. The molecule has 18 heavy (non-hydrogen) atoms. The number of aromatic nitrogens is 1. The average Bonchev–Trinajstić information content (AvgIpc) is 2.40. The lowest BCUT2D eigenvalue weighted by Gasteiger charge is -2.07. The quantitative estimate of drug-likeness (QED) is 0.659. The largest absolute Gasteiger partial charge is 0.390 e. The van der Waals surface area contributed by atoms with Gasteiger partial charge in [-0.25, -0.2) is 0 Å². The van der Waals surface area contributed by atoms with Gasteiger partial charge in [0.05, 0.1) is 22.8 Å². The van der Waals surface area contributed by atoms with Gasteiger partial charge < -0.3 is 5.11 Å². The Balaban J connectivity index is 2.44. The van der Waals surface area contributed by atoms with Crippen LogP contribution in [0.15, 0.2) is 42.6 Å². The Bertz CT molecular complexity index is 555. The Labute approximate surface area is 104 Å². The fourth-order valence-electron chi connectivity index (χ4n) is 1.82. The number of benzene rings is 1. The van der Waals surface area contributed by atoms with Crippen LogP contribution in [0, 0.1) is 10.1 Å². The molecular formula is C13H12N2O3. The highest BCUT2D eigenvalue weighted by Crippen LogP contribution is 2.23. The van der Waals surface area contributed by atoms with Gasteiger partial charge in [0.25, 0.3) is 5.69 Å². The highest BCUT2D eigenvalue weighted by atomic mass is 16.6. The van der Waals surface area contributed by atoms with Crippen molar-refractivity contribution in [1.29, 1.82) is 0 Å². The second kappa shape index (κ2) is 5.37. The molecule has 0 spiro atoms. The van der Waals surface area contributed by atoms with E-state index in [4.69, 9.17) is 0 Å². The Hall–Kier alpha value is -2.27. The molecule has 0 bridgehead atoms. The molecule has 0 aliphatic rings. The van der Waals surface area contributed by atoms with E-state index in [0.29, 0.717) is 17.7 Å². The molecule has 0 amide bonds. The number of hydrogen-bond acceptors (Lipinski definition) is 4. The second-order valence-electron chi connectivity index (χ2n) is 3.83. The Morgan fingerprint density at radius 3 is 2.56 bits per heavy atom. The molecular weight excluding hydrogens is 232 g/mol. The molecule has 0 atom stereocenters. The van der Waals surface area contributed by atoms with E-state index in [1.54, 1.807) is 0 Å². The van der Waals surface area contributed by atoms with E-state index >= 15 is 0 Å². The normalized spacial score (nSPS) is 10.3. The first kappa shape index (κ1) is 12.2. The third-order valence-corrected chi connectivity index (χ3v) is 2.69. The molecule has 1 heterocycles. The zero-order valence-corrected chi connectivity index (χ0v) is 9.61. The predicted octanol–water partition coefficient (Wildman–Crippen LogP) is 2.07. The first-order chi connectivity index (χ1) is 8.72. The van der Waals surface area contributed by atoms with Gasteiger partial charge >= 0.3 is 0 Å². The minimum atomic E-state index is -0.445. The third-order valence-electron chi connectivity index (χ3n) is 2.69. The molecule has 0 aliphatic carbocycles. The summed E-state index contributed by atoms with van der Waals surface area (Å²) in [4.78, 5) is 14.5. The van der Waals surface area contributed by atoms with Crippen molar-refractivity contribution in [1.82, 2.24) is 4.98 Å². The SMILES string of the molecule is O=[N+]([O-])c1ccnc(CO)c1Cc1ccccc1. The van der Waals surface area contributed by atoms with Crippen molar-refractivity contribution in [2.24, 2.45) is 0 Å². The van der Waals surface area contributed by atoms with E-state index in [1.165, 1.54) is 12.3 Å². The van der Waals surface area contributed by atoms with E-state index in [0.717, 1.165) is 5.56 Å². The molecule has 2 rings (SSSR count). The summed E-state index contributed by atoms with van der Waals surface area (Å²) < 4.78 is 0. The number of aliphatic hydroxyl groups excluding tert-OH is 1. The summed E-state index contributed by atoms with van der Waals surface area (Å²) in [7, 11) is 0. The van der Waals surface area contributed by atoms with E-state index in [-0.39, 0.29) is 12.3 Å². The van der Waals surface area contributed by atoms with E-state index in [1.807, 2.05) is 30.3 Å². The van der Waals surface area contributed by atoms with E-state index < -0.39 is 4.92 Å². The van der Waals surface area contributed by atoms with Crippen molar-refractivity contribution >= 4 is 5.69 Å². The van der Waals surface area contributed by atoms with Gasteiger partial charge in [0.15, 0.2) is 0 Å². The summed E-state index contributed by atoms with van der Waals surface area (Å²) in [5, 5.41) is 20.2. The lowest BCUT2D eigenvalue weighted by molar-refractivity contribution is -0.385. The van der Waals surface area contributed by atoms with Gasteiger partial charge in [-0.2, -0.15) is 0 Å². The van der Waals surface area contributed by atoms with E-state index in [2.05, 4.69) is 4.98 Å². The third kappa shape index (κ3) is 2.52. The lowest BCUT2D eigenvalue weighted by Crippen LogP contribution is -2.04. The van der Waals surface area contributed by atoms with Gasteiger partial charge in [0.1, 0.15) is 0 Å². The maximum atomic E-state index is 11.0. The maximum absolute atomic E-state index is 11.0. The highest BCUT2D eigenvalue weighted by Gasteiger charge is 2.18. The number of pyridine rings is 1. The maximum Gasteiger partial charge on any atom is 0.276 e. The van der Waals surface area contributed by atoms with Crippen LogP contribution in [0.4, 0.5) is 5.69 Å². The predicted molar refractivity (Wildman–Crippen MR) is 66.1 cm³/mol. The monoisotopic (exact) mass is 244 g/mol. The number of nitrogens with zero attached hydrogens (tertiary/aromatic N) is 2. The fraction of sp³-hybridized carbons (Fsp3) is 0.154. The van der Waals surface area contributed by atoms with Gasteiger partial charge in [-0.15, -0.1) is 0 Å². The lowest BCUT2D eigenvalue weighted by atomic mass is 10.0. The van der Waals surface area contributed by atoms with Crippen LogP contribution >= 0.6 is 0 Å². The molecule has 0 radical (unpaired) electrons. The van der Waals surface area contributed by atoms with Crippen molar-refractivity contribution in [3.8, 4) is 0 Å². The topological polar surface area (TPSA) is 76.3 Å². The number of hydrogen-bond donors (Lipinski definition) is 1. The zero-order chi connectivity index (χ0) is 13.0. The number of nitro groups is 1. The van der Waals surface area contributed by atoms with Crippen LogP contribution in [0.5, 0.6) is 0 Å². The Morgan fingerprint density at radius 1 is 1.22 bits per heavy atom. The summed E-state index contributed by atoms with van der Waals surface area (Å²) in [6.07, 6.45) is 1.74. The molecule has 0 unspecified atom stereocenters. The van der Waals surface area contributed by atoms with Gasteiger partial charge in [0.2, 0.25) is 0 Å². The van der Waals surface area contributed by atoms with Crippen LogP contribution in [0.25, 0.3) is 0 Å². The second-order valence-corrected chi connectivity index (χ2v) is 3.83. The molecule has 5 nitrogen and oxygen atoms in total. The van der Waals surface area contributed by atoms with Crippen molar-refractivity contribution in [2.75, 3.05) is 0 Å². The van der Waals surface area contributed by atoms with Crippen molar-refractivity contribution < 1.29 is 10.0 Å². The number of rotatable bonds is 4. The summed E-state index contributed by atoms with van der Waals surface area (Å²) >= 11 is 0. The minimum absolute atomic E-state index is 0.00194. The van der Waals surface area contributed by atoms with E-state index in [9.17, 15) is 15.2 Å². The molecule has 0 saturated carbocycles. The van der Waals surface area contributed by atoms with Gasteiger partial charge in [-0.3, -0.25) is 15.1 Å². The smallest absolute Gasteiger partial charge is 0.276 e. The number of aliphatic hydroxyl groups is 1. The van der Waals surface area contributed by atoms with Crippen molar-refractivity contribution in [3.63, 3.8) is 0 Å². The zero-order valence-electron chi connectivity index (χ0n) is 9.61. The van der Waals surface area contributed by atoms with Crippen LogP contribution in [-0.2, 0) is 13.0 Å². The van der Waals surface area contributed by atoms with Crippen molar-refractivity contribution in [2.45, 2.75) is 13.0 Å². The summed E-state index contributed by atoms with van der Waals surface area (Å²) in [5.41, 5.74) is 1.77. The van der Waals surface area contributed by atoms with Crippen LogP contribution in [0.1, 0.15) is 16.8 Å². The highest BCUT2D eigenvalue weighted by molar-refractivity contribution is 5.44. The van der Waals surface area contributed by atoms with Gasteiger partial charge in [0, 0.05) is 18.7 Å². The standard InChI is InChI=1S/C13H12N2O3/c16-9-12-11(8-10-4-2-1-3-5-10)13(15(17)18)6-7-14-12/h1-7,16H,8-9H2. The fourth-order valence-corrected chi connectivity index (χ4v) is 1.82. The molecule has 0 fully saturated rings. The molecule has 92 valence electrons. The average molecular weight is 244 g/mol. The first-order valence-corrected chi connectivity index (χ1v) is 5.48. The molecule has 0 aliphatic heterocycles. The Kier molecular flexibility index (Phi) is 3.64. The molecule has 1 aromatic carbocycles. The van der Waals surface area contributed by atoms with Crippen LogP contribution in [0.3, 0.4) is 0 Å². The summed E-state index contributed by atoms with van der Waals surface area (Å²) in [6.45, 7) is -0.302. The first-order valence-electron chi connectivity index (χ1n) is 5.48.